The van der Waals surface area contributed by atoms with E-state index >= 15 is 0 Å². The highest BCUT2D eigenvalue weighted by atomic mass is 19.4. The van der Waals surface area contributed by atoms with Gasteiger partial charge < -0.3 is 10.5 Å². The van der Waals surface area contributed by atoms with Crippen LogP contribution in [-0.4, -0.2) is 12.8 Å². The maximum atomic E-state index is 12.8. The molecule has 3 rings (SSSR count). The Labute approximate surface area is 137 Å². The maximum absolute atomic E-state index is 12.8. The zero-order chi connectivity index (χ0) is 17.5. The number of nitrogens with zero attached hydrogens (tertiary/aromatic N) is 1. The number of hydrogen-bond acceptors (Lipinski definition) is 3. The van der Waals surface area contributed by atoms with Crippen LogP contribution in [0.15, 0.2) is 30.3 Å². The number of nitrogen functional groups attached to an aromatic ring is 1. The van der Waals surface area contributed by atoms with Crippen molar-refractivity contribution in [2.45, 2.75) is 25.4 Å². The Kier molecular flexibility index (Phi) is 3.88. The molecule has 0 radical (unpaired) electrons. The van der Waals surface area contributed by atoms with Crippen LogP contribution in [0.3, 0.4) is 0 Å². The summed E-state index contributed by atoms with van der Waals surface area (Å²) in [5.74, 6) is -0.933. The minimum Gasteiger partial charge on any atom is -0.492 e. The van der Waals surface area contributed by atoms with Gasteiger partial charge >= 0.3 is 6.18 Å². The number of nitrogens with two attached hydrogens (primary N) is 1. The van der Waals surface area contributed by atoms with E-state index in [1.807, 2.05) is 0 Å². The normalized spacial score (nSPS) is 14.6. The van der Waals surface area contributed by atoms with E-state index in [2.05, 4.69) is 6.07 Å². The third-order valence-corrected chi connectivity index (χ3v) is 4.33. The van der Waals surface area contributed by atoms with E-state index in [4.69, 9.17) is 10.5 Å². The number of hydrogen-bond donors (Lipinski definition) is 1. The van der Waals surface area contributed by atoms with Crippen LogP contribution in [0.4, 0.5) is 18.9 Å². The molecule has 1 heterocycles. The van der Waals surface area contributed by atoms with Crippen molar-refractivity contribution in [2.75, 3.05) is 12.3 Å². The monoisotopic (exact) mass is 332 g/mol. The van der Waals surface area contributed by atoms with Gasteiger partial charge in [0.15, 0.2) is 0 Å². The molecule has 1 atom stereocenters. The fourth-order valence-corrected chi connectivity index (χ4v) is 2.89. The Hall–Kier alpha value is -2.68. The third kappa shape index (κ3) is 2.67. The van der Waals surface area contributed by atoms with E-state index in [0.29, 0.717) is 41.2 Å². The predicted octanol–water partition coefficient (Wildman–Crippen LogP) is 4.41. The number of rotatable bonds is 2. The average Bonchev–Trinajstić information content (AvgIpc) is 3.02. The van der Waals surface area contributed by atoms with Crippen LogP contribution >= 0.6 is 0 Å². The van der Waals surface area contributed by atoms with Gasteiger partial charge in [-0.15, -0.1) is 0 Å². The smallest absolute Gasteiger partial charge is 0.395 e. The molecule has 0 aliphatic carbocycles. The largest absolute Gasteiger partial charge is 0.492 e. The predicted molar refractivity (Wildman–Crippen MR) is 84.7 cm³/mol. The van der Waals surface area contributed by atoms with Crippen molar-refractivity contribution in [1.82, 2.24) is 0 Å². The number of fused-ring (bicyclic) bond motifs is 1. The number of halogens is 3. The highest BCUT2D eigenvalue weighted by Crippen LogP contribution is 2.42. The minimum absolute atomic E-state index is 0.199. The SMILES string of the molecule is CC(c1ccc(-c2cc(N)c(C#N)c3c2OCC3)cc1)C(F)(F)F. The lowest BCUT2D eigenvalue weighted by atomic mass is 9.93. The molecule has 1 aliphatic heterocycles. The summed E-state index contributed by atoms with van der Waals surface area (Å²) in [4.78, 5) is 0. The molecule has 124 valence electrons. The number of benzene rings is 2. The van der Waals surface area contributed by atoms with Crippen LogP contribution in [0.5, 0.6) is 5.75 Å². The molecule has 0 bridgehead atoms. The van der Waals surface area contributed by atoms with E-state index in [-0.39, 0.29) is 5.56 Å². The van der Waals surface area contributed by atoms with Crippen molar-refractivity contribution in [3.8, 4) is 22.9 Å². The van der Waals surface area contributed by atoms with Crippen LogP contribution < -0.4 is 10.5 Å². The first-order valence-corrected chi connectivity index (χ1v) is 7.48. The highest BCUT2D eigenvalue weighted by Gasteiger charge is 2.36. The average molecular weight is 332 g/mol. The van der Waals surface area contributed by atoms with Gasteiger partial charge in [-0.3, -0.25) is 0 Å². The Balaban J connectivity index is 2.04. The fourth-order valence-electron chi connectivity index (χ4n) is 2.89. The first-order valence-electron chi connectivity index (χ1n) is 7.48. The van der Waals surface area contributed by atoms with E-state index in [1.165, 1.54) is 12.1 Å². The number of nitriles is 1. The Morgan fingerprint density at radius 3 is 2.50 bits per heavy atom. The van der Waals surface area contributed by atoms with Gasteiger partial charge in [0, 0.05) is 17.5 Å². The van der Waals surface area contributed by atoms with Gasteiger partial charge in [-0.2, -0.15) is 18.4 Å². The van der Waals surface area contributed by atoms with Gasteiger partial charge in [0.2, 0.25) is 0 Å². The minimum atomic E-state index is -4.27. The summed E-state index contributed by atoms with van der Waals surface area (Å²) in [6, 6.07) is 9.90. The van der Waals surface area contributed by atoms with Gasteiger partial charge in [0.05, 0.1) is 23.8 Å². The molecule has 1 aliphatic rings. The molecule has 0 fully saturated rings. The third-order valence-electron chi connectivity index (χ3n) is 4.33. The molecule has 1 unspecified atom stereocenters. The Morgan fingerprint density at radius 1 is 1.25 bits per heavy atom. The summed E-state index contributed by atoms with van der Waals surface area (Å²) >= 11 is 0. The molecule has 24 heavy (non-hydrogen) atoms. The lowest BCUT2D eigenvalue weighted by Crippen LogP contribution is -2.17. The van der Waals surface area contributed by atoms with Gasteiger partial charge in [0.25, 0.3) is 0 Å². The molecule has 0 aromatic heterocycles. The molecule has 0 saturated carbocycles. The molecule has 2 N–H and O–H groups in total. The second-order valence-electron chi connectivity index (χ2n) is 5.79. The second-order valence-corrected chi connectivity index (χ2v) is 5.79. The summed E-state index contributed by atoms with van der Waals surface area (Å²) in [6.07, 6.45) is -3.68. The zero-order valence-corrected chi connectivity index (χ0v) is 12.9. The molecular formula is C18H15F3N2O. The van der Waals surface area contributed by atoms with Crippen LogP contribution in [0.1, 0.15) is 29.5 Å². The summed E-state index contributed by atoms with van der Waals surface area (Å²) in [6.45, 7) is 1.60. The number of alkyl halides is 3. The summed E-state index contributed by atoms with van der Waals surface area (Å²) in [5.41, 5.74) is 9.09. The van der Waals surface area contributed by atoms with Crippen molar-refractivity contribution < 1.29 is 17.9 Å². The quantitative estimate of drug-likeness (QED) is 0.829. The Bertz CT molecular complexity index is 820. The highest BCUT2D eigenvalue weighted by molar-refractivity contribution is 5.80. The van der Waals surface area contributed by atoms with Crippen LogP contribution in [0.2, 0.25) is 0 Å². The van der Waals surface area contributed by atoms with Gasteiger partial charge in [-0.1, -0.05) is 24.3 Å². The van der Waals surface area contributed by atoms with Gasteiger partial charge in [0.1, 0.15) is 11.8 Å². The van der Waals surface area contributed by atoms with Crippen LogP contribution in [0, 0.1) is 11.3 Å². The molecule has 0 saturated heterocycles. The van der Waals surface area contributed by atoms with Crippen molar-refractivity contribution in [3.05, 3.63) is 47.0 Å². The van der Waals surface area contributed by atoms with Crippen molar-refractivity contribution in [3.63, 3.8) is 0 Å². The fraction of sp³-hybridized carbons (Fsp3) is 0.278. The molecule has 6 heteroatoms. The van der Waals surface area contributed by atoms with Crippen molar-refractivity contribution in [1.29, 1.82) is 5.26 Å². The molecule has 0 spiro atoms. The standard InChI is InChI=1S/C18H15F3N2O/c1-10(18(19,20)21)11-2-4-12(5-3-11)14-8-16(23)15(9-22)13-6-7-24-17(13)14/h2-5,8,10H,6-7,23H2,1H3. The topological polar surface area (TPSA) is 59.0 Å². The van der Waals surface area contributed by atoms with E-state index in [1.54, 1.807) is 18.2 Å². The van der Waals surface area contributed by atoms with Crippen molar-refractivity contribution in [2.24, 2.45) is 0 Å². The summed E-state index contributed by atoms with van der Waals surface area (Å²) in [5, 5.41) is 9.23. The van der Waals surface area contributed by atoms with E-state index < -0.39 is 12.1 Å². The van der Waals surface area contributed by atoms with E-state index in [0.717, 1.165) is 12.5 Å². The lowest BCUT2D eigenvalue weighted by Gasteiger charge is -2.17. The molecule has 2 aromatic carbocycles. The van der Waals surface area contributed by atoms with Gasteiger partial charge in [-0.25, -0.2) is 0 Å². The van der Waals surface area contributed by atoms with Crippen LogP contribution in [0.25, 0.3) is 11.1 Å². The number of ether oxygens (including phenoxy) is 1. The summed E-state index contributed by atoms with van der Waals surface area (Å²) in [7, 11) is 0. The Morgan fingerprint density at radius 2 is 1.92 bits per heavy atom. The molecule has 2 aromatic rings. The summed E-state index contributed by atoms with van der Waals surface area (Å²) < 4.78 is 44.0. The van der Waals surface area contributed by atoms with Crippen LogP contribution in [-0.2, 0) is 6.42 Å². The maximum Gasteiger partial charge on any atom is 0.395 e. The molecular weight excluding hydrogens is 317 g/mol. The zero-order valence-electron chi connectivity index (χ0n) is 12.9. The van der Waals surface area contributed by atoms with Gasteiger partial charge in [-0.05, 0) is 24.1 Å². The number of anilines is 1. The lowest BCUT2D eigenvalue weighted by molar-refractivity contribution is -0.146. The first kappa shape index (κ1) is 16.2. The first-order chi connectivity index (χ1) is 11.3. The van der Waals surface area contributed by atoms with Crippen molar-refractivity contribution >= 4 is 5.69 Å². The van der Waals surface area contributed by atoms with E-state index in [9.17, 15) is 18.4 Å². The molecule has 3 nitrogen and oxygen atoms in total. The second kappa shape index (κ2) is 5.75. The molecule has 0 amide bonds.